The van der Waals surface area contributed by atoms with Crippen LogP contribution in [0, 0.1) is 5.82 Å². The minimum atomic E-state index is -0.288. The number of halogens is 2. The Hall–Kier alpha value is -2.20. The van der Waals surface area contributed by atoms with Crippen LogP contribution in [0.15, 0.2) is 54.9 Å². The highest BCUT2D eigenvalue weighted by atomic mass is 35.5. The van der Waals surface area contributed by atoms with Crippen molar-refractivity contribution in [2.75, 3.05) is 0 Å². The first kappa shape index (κ1) is 15.7. The number of nitrogens with zero attached hydrogens (tertiary/aromatic N) is 3. The molecule has 3 nitrogen and oxygen atoms in total. The van der Waals surface area contributed by atoms with Crippen molar-refractivity contribution in [3.63, 3.8) is 0 Å². The molecule has 0 amide bonds. The second-order valence-electron chi connectivity index (χ2n) is 6.38. The predicted molar refractivity (Wildman–Crippen MR) is 89.2 cm³/mol. The lowest BCUT2D eigenvalue weighted by Crippen LogP contribution is -2.32. The van der Waals surface area contributed by atoms with Gasteiger partial charge in [-0.3, -0.25) is 0 Å². The molecule has 0 aliphatic heterocycles. The number of benzene rings is 2. The third-order valence-corrected chi connectivity index (χ3v) is 3.87. The zero-order chi connectivity index (χ0) is 16.6. The molecule has 0 saturated heterocycles. The molecular weight excluding hydrogens is 313 g/mol. The molecule has 0 bridgehead atoms. The van der Waals surface area contributed by atoms with Crippen LogP contribution in [0.3, 0.4) is 0 Å². The molecule has 23 heavy (non-hydrogen) atoms. The first-order chi connectivity index (χ1) is 10.9. The summed E-state index contributed by atoms with van der Waals surface area (Å²) in [7, 11) is 0. The van der Waals surface area contributed by atoms with Crippen molar-refractivity contribution in [2.45, 2.75) is 26.3 Å². The topological polar surface area (TPSA) is 21.7 Å². The zero-order valence-corrected chi connectivity index (χ0v) is 14.0. The molecule has 0 spiro atoms. The van der Waals surface area contributed by atoms with Gasteiger partial charge in [-0.2, -0.15) is 4.57 Å². The first-order valence-electron chi connectivity index (χ1n) is 7.39. The van der Waals surface area contributed by atoms with Crippen LogP contribution >= 0.6 is 11.6 Å². The fraction of sp³-hybridized carbons (Fsp3) is 0.222. The molecule has 0 unspecified atom stereocenters. The van der Waals surface area contributed by atoms with Crippen LogP contribution in [0.2, 0.25) is 5.02 Å². The maximum Gasteiger partial charge on any atom is 0.315 e. The Morgan fingerprint density at radius 3 is 2.48 bits per heavy atom. The average molecular weight is 331 g/mol. The van der Waals surface area contributed by atoms with Crippen molar-refractivity contribution in [3.05, 3.63) is 65.7 Å². The van der Waals surface area contributed by atoms with Gasteiger partial charge in [-0.1, -0.05) is 29.8 Å². The van der Waals surface area contributed by atoms with E-state index < -0.39 is 0 Å². The monoisotopic (exact) mass is 330 g/mol. The molecule has 0 aliphatic carbocycles. The highest BCUT2D eigenvalue weighted by Gasteiger charge is 2.28. The van der Waals surface area contributed by atoms with Crippen molar-refractivity contribution < 1.29 is 8.96 Å². The fourth-order valence-corrected chi connectivity index (χ4v) is 2.52. The molecule has 1 heterocycles. The van der Waals surface area contributed by atoms with Crippen molar-refractivity contribution in [1.82, 2.24) is 9.78 Å². The van der Waals surface area contributed by atoms with E-state index in [1.807, 2.05) is 45.9 Å². The van der Waals surface area contributed by atoms with E-state index in [1.54, 1.807) is 6.07 Å². The fourth-order valence-electron chi connectivity index (χ4n) is 2.30. The maximum absolute atomic E-state index is 13.6. The first-order valence-corrected chi connectivity index (χ1v) is 7.77. The number of rotatable bonds is 2. The lowest BCUT2D eigenvalue weighted by molar-refractivity contribution is -0.585. The second kappa shape index (κ2) is 5.78. The molecule has 0 N–H and O–H groups in total. The summed E-state index contributed by atoms with van der Waals surface area (Å²) in [6.45, 7) is 6.19. The van der Waals surface area contributed by atoms with Crippen LogP contribution in [-0.4, -0.2) is 9.78 Å². The summed E-state index contributed by atoms with van der Waals surface area (Å²) in [5, 5.41) is 5.30. The van der Waals surface area contributed by atoms with E-state index in [0.717, 1.165) is 5.56 Å². The number of aromatic nitrogens is 3. The molecule has 2 aromatic carbocycles. The summed E-state index contributed by atoms with van der Waals surface area (Å²) in [5.41, 5.74) is 1.31. The van der Waals surface area contributed by atoms with E-state index in [9.17, 15) is 4.39 Å². The Morgan fingerprint density at radius 2 is 1.83 bits per heavy atom. The Morgan fingerprint density at radius 1 is 1.09 bits per heavy atom. The molecule has 0 fully saturated rings. The largest absolute Gasteiger partial charge is 0.315 e. The van der Waals surface area contributed by atoms with Crippen LogP contribution in [0.4, 0.5) is 4.39 Å². The predicted octanol–water partition coefficient (Wildman–Crippen LogP) is 4.37. The molecule has 0 aliphatic rings. The Labute approximate surface area is 140 Å². The third-order valence-electron chi connectivity index (χ3n) is 3.54. The molecular formula is C18H18ClFN3+. The summed E-state index contributed by atoms with van der Waals surface area (Å²) in [6, 6.07) is 14.0. The van der Waals surface area contributed by atoms with E-state index in [1.165, 1.54) is 12.1 Å². The van der Waals surface area contributed by atoms with Gasteiger partial charge >= 0.3 is 5.82 Å². The van der Waals surface area contributed by atoms with Crippen molar-refractivity contribution in [2.24, 2.45) is 0 Å². The standard InChI is InChI=1S/C18H18ClFN3/c1-18(2,3)23-12-22(14-8-6-7-13(20)11-14)17(21-23)15-9-4-5-10-16(15)19/h4-12H,1-3H3/q+1. The lowest BCUT2D eigenvalue weighted by atomic mass is 10.1. The summed E-state index contributed by atoms with van der Waals surface area (Å²) in [5.74, 6) is 0.389. The molecule has 0 atom stereocenters. The van der Waals surface area contributed by atoms with Gasteiger partial charge in [0.2, 0.25) is 6.33 Å². The molecule has 0 saturated carbocycles. The molecule has 3 rings (SSSR count). The van der Waals surface area contributed by atoms with Gasteiger partial charge in [-0.15, -0.1) is 4.68 Å². The van der Waals surface area contributed by atoms with Gasteiger partial charge in [0.25, 0.3) is 0 Å². The SMILES string of the molecule is CC(C)(C)n1c[n+](-c2cccc(F)c2)c(-c2ccccc2Cl)n1. The number of hydrogen-bond acceptors (Lipinski definition) is 1. The quantitative estimate of drug-likeness (QED) is 0.639. The van der Waals surface area contributed by atoms with E-state index in [-0.39, 0.29) is 11.4 Å². The highest BCUT2D eigenvalue weighted by molar-refractivity contribution is 6.33. The maximum atomic E-state index is 13.6. The summed E-state index contributed by atoms with van der Waals surface area (Å²) >= 11 is 6.34. The molecule has 118 valence electrons. The van der Waals surface area contributed by atoms with Gasteiger partial charge in [0.05, 0.1) is 10.6 Å². The normalized spacial score (nSPS) is 11.7. The van der Waals surface area contributed by atoms with Gasteiger partial charge in [0, 0.05) is 11.2 Å². The second-order valence-corrected chi connectivity index (χ2v) is 6.79. The van der Waals surface area contributed by atoms with Crippen LogP contribution in [0.1, 0.15) is 20.8 Å². The van der Waals surface area contributed by atoms with Gasteiger partial charge in [-0.25, -0.2) is 4.39 Å². The molecule has 1 aromatic heterocycles. The minimum absolute atomic E-state index is 0.200. The summed E-state index contributed by atoms with van der Waals surface area (Å²) in [6.07, 6.45) is 1.87. The van der Waals surface area contributed by atoms with Crippen molar-refractivity contribution in [3.8, 4) is 17.1 Å². The third kappa shape index (κ3) is 3.13. The van der Waals surface area contributed by atoms with E-state index in [2.05, 4.69) is 20.8 Å². The van der Waals surface area contributed by atoms with E-state index >= 15 is 0 Å². The number of hydrogen-bond donors (Lipinski definition) is 0. The average Bonchev–Trinajstić information content (AvgIpc) is 2.93. The van der Waals surface area contributed by atoms with Gasteiger partial charge < -0.3 is 0 Å². The van der Waals surface area contributed by atoms with Crippen LogP contribution in [0.5, 0.6) is 0 Å². The summed E-state index contributed by atoms with van der Waals surface area (Å²) in [4.78, 5) is 0. The molecule has 5 heteroatoms. The smallest absolute Gasteiger partial charge is 0.207 e. The van der Waals surface area contributed by atoms with Gasteiger partial charge in [-0.05, 0) is 45.0 Å². The minimum Gasteiger partial charge on any atom is -0.207 e. The van der Waals surface area contributed by atoms with Crippen molar-refractivity contribution in [1.29, 1.82) is 0 Å². The lowest BCUT2D eigenvalue weighted by Gasteiger charge is -2.10. The van der Waals surface area contributed by atoms with Crippen LogP contribution < -0.4 is 4.57 Å². The van der Waals surface area contributed by atoms with Crippen LogP contribution in [-0.2, 0) is 5.54 Å². The van der Waals surface area contributed by atoms with Crippen molar-refractivity contribution >= 4 is 11.6 Å². The molecule has 3 aromatic rings. The summed E-state index contributed by atoms with van der Waals surface area (Å²) < 4.78 is 17.4. The Bertz CT molecular complexity index is 849. The Balaban J connectivity index is 2.26. The Kier molecular flexibility index (Phi) is 3.94. The van der Waals surface area contributed by atoms with Crippen LogP contribution in [0.25, 0.3) is 17.1 Å². The molecule has 0 radical (unpaired) electrons. The zero-order valence-electron chi connectivity index (χ0n) is 13.3. The van der Waals surface area contributed by atoms with E-state index in [4.69, 9.17) is 16.7 Å². The highest BCUT2D eigenvalue weighted by Crippen LogP contribution is 2.25. The van der Waals surface area contributed by atoms with Gasteiger partial charge in [0.15, 0.2) is 0 Å². The van der Waals surface area contributed by atoms with Gasteiger partial charge in [0.1, 0.15) is 17.0 Å². The van der Waals surface area contributed by atoms with E-state index in [0.29, 0.717) is 16.5 Å².